The Morgan fingerprint density at radius 3 is 2.80 bits per heavy atom. The van der Waals surface area contributed by atoms with Gasteiger partial charge < -0.3 is 0 Å². The van der Waals surface area contributed by atoms with E-state index < -0.39 is 0 Å². The number of hydrogen-bond acceptors (Lipinski definition) is 1. The van der Waals surface area contributed by atoms with Gasteiger partial charge in [-0.1, -0.05) is 18.2 Å². The van der Waals surface area contributed by atoms with E-state index in [1.165, 1.54) is 11.1 Å². The van der Waals surface area contributed by atoms with Gasteiger partial charge in [0.05, 0.1) is 0 Å². The molecule has 0 aromatic rings. The summed E-state index contributed by atoms with van der Waals surface area (Å²) in [6.07, 6.45) is 12.5. The average molecular weight is 131 g/mol. The molecule has 0 aromatic heterocycles. The van der Waals surface area contributed by atoms with Crippen LogP contribution in [0.1, 0.15) is 12.8 Å². The molecular weight excluding hydrogens is 122 g/mol. The van der Waals surface area contributed by atoms with Crippen molar-refractivity contribution in [2.24, 2.45) is 4.99 Å². The lowest BCUT2D eigenvalue weighted by molar-refractivity contribution is 1.21. The van der Waals surface area contributed by atoms with E-state index in [-0.39, 0.29) is 0 Å². The molecule has 50 valence electrons. The zero-order valence-electron chi connectivity index (χ0n) is 5.75. The highest BCUT2D eigenvalue weighted by atomic mass is 14.7. The summed E-state index contributed by atoms with van der Waals surface area (Å²) >= 11 is 0. The van der Waals surface area contributed by atoms with Gasteiger partial charge in [0.15, 0.2) is 0 Å². The summed E-state index contributed by atoms with van der Waals surface area (Å²) in [6, 6.07) is 0. The van der Waals surface area contributed by atoms with Gasteiger partial charge in [0.25, 0.3) is 0 Å². The smallest absolute Gasteiger partial charge is 0.0302 e. The second kappa shape index (κ2) is 2.25. The molecule has 0 amide bonds. The largest absolute Gasteiger partial charge is 0.268 e. The highest BCUT2D eigenvalue weighted by Crippen LogP contribution is 2.23. The van der Waals surface area contributed by atoms with E-state index in [2.05, 4.69) is 23.2 Å². The molecule has 1 heterocycles. The van der Waals surface area contributed by atoms with Crippen molar-refractivity contribution in [3.8, 4) is 0 Å². The Balaban J connectivity index is 2.15. The molecule has 0 bridgehead atoms. The minimum Gasteiger partial charge on any atom is -0.268 e. The van der Waals surface area contributed by atoms with Crippen molar-refractivity contribution >= 4 is 6.21 Å². The number of allylic oxidation sites excluding steroid dienone is 5. The van der Waals surface area contributed by atoms with Crippen LogP contribution in [0.25, 0.3) is 0 Å². The Bertz CT molecular complexity index is 226. The predicted octanol–water partition coefficient (Wildman–Crippen LogP) is 2.23. The lowest BCUT2D eigenvalue weighted by atomic mass is 10.1. The molecule has 0 radical (unpaired) electrons. The molecule has 2 aliphatic rings. The van der Waals surface area contributed by atoms with Gasteiger partial charge in [0.1, 0.15) is 0 Å². The quantitative estimate of drug-likeness (QED) is 0.517. The van der Waals surface area contributed by atoms with Crippen LogP contribution in [0.5, 0.6) is 0 Å². The molecule has 1 aliphatic heterocycles. The van der Waals surface area contributed by atoms with Gasteiger partial charge >= 0.3 is 0 Å². The van der Waals surface area contributed by atoms with Gasteiger partial charge in [-0.25, -0.2) is 0 Å². The van der Waals surface area contributed by atoms with Crippen LogP contribution in [0.4, 0.5) is 0 Å². The minimum absolute atomic E-state index is 1.02. The van der Waals surface area contributed by atoms with E-state index in [1.807, 2.05) is 12.4 Å². The molecule has 0 unspecified atom stereocenters. The SMILES string of the molecule is C1=CCC(C2=CN=CC2)=C1. The number of nitrogens with zero attached hydrogens (tertiary/aromatic N) is 1. The molecule has 1 aliphatic carbocycles. The van der Waals surface area contributed by atoms with E-state index in [0.717, 1.165) is 12.8 Å². The van der Waals surface area contributed by atoms with Crippen LogP contribution in [0.2, 0.25) is 0 Å². The van der Waals surface area contributed by atoms with Crippen molar-refractivity contribution in [3.63, 3.8) is 0 Å². The minimum atomic E-state index is 1.02. The number of aliphatic imine (C=N–C) groups is 1. The second-order valence-corrected chi connectivity index (χ2v) is 2.51. The zero-order chi connectivity index (χ0) is 6.81. The van der Waals surface area contributed by atoms with E-state index in [0.29, 0.717) is 0 Å². The maximum Gasteiger partial charge on any atom is 0.0302 e. The van der Waals surface area contributed by atoms with Gasteiger partial charge in [0, 0.05) is 18.8 Å². The number of hydrogen-bond donors (Lipinski definition) is 0. The van der Waals surface area contributed by atoms with Crippen molar-refractivity contribution in [1.82, 2.24) is 0 Å². The molecule has 0 aromatic carbocycles. The molecular formula is C9H9N. The second-order valence-electron chi connectivity index (χ2n) is 2.51. The Kier molecular flexibility index (Phi) is 1.28. The summed E-state index contributed by atoms with van der Waals surface area (Å²) in [5.41, 5.74) is 2.81. The first-order valence-electron chi connectivity index (χ1n) is 3.53. The fourth-order valence-electron chi connectivity index (χ4n) is 1.25. The Morgan fingerprint density at radius 2 is 2.20 bits per heavy atom. The van der Waals surface area contributed by atoms with Gasteiger partial charge in [-0.05, 0) is 17.6 Å². The van der Waals surface area contributed by atoms with Crippen molar-refractivity contribution in [2.45, 2.75) is 12.8 Å². The standard InChI is InChI=1S/C9H9N/c1-2-4-8(3-1)9-5-6-10-7-9/h1-3,6-7H,4-5H2. The third kappa shape index (κ3) is 0.838. The molecule has 1 nitrogen and oxygen atoms in total. The van der Waals surface area contributed by atoms with Crippen LogP contribution in [-0.2, 0) is 0 Å². The fraction of sp³-hybridized carbons (Fsp3) is 0.222. The lowest BCUT2D eigenvalue weighted by Crippen LogP contribution is -1.82. The monoisotopic (exact) mass is 131 g/mol. The molecule has 2 rings (SSSR count). The Hall–Kier alpha value is -1.11. The van der Waals surface area contributed by atoms with E-state index in [4.69, 9.17) is 0 Å². The number of rotatable bonds is 1. The Morgan fingerprint density at radius 1 is 1.20 bits per heavy atom. The van der Waals surface area contributed by atoms with Crippen LogP contribution in [0, 0.1) is 0 Å². The van der Waals surface area contributed by atoms with E-state index >= 15 is 0 Å². The summed E-state index contributed by atoms with van der Waals surface area (Å²) in [5.74, 6) is 0. The molecule has 0 saturated carbocycles. The lowest BCUT2D eigenvalue weighted by Gasteiger charge is -1.98. The van der Waals surface area contributed by atoms with Crippen molar-refractivity contribution in [2.75, 3.05) is 0 Å². The third-order valence-corrected chi connectivity index (χ3v) is 1.83. The van der Waals surface area contributed by atoms with E-state index in [1.54, 1.807) is 0 Å². The molecule has 0 spiro atoms. The molecule has 10 heavy (non-hydrogen) atoms. The molecule has 0 N–H and O–H groups in total. The first kappa shape index (κ1) is 5.66. The third-order valence-electron chi connectivity index (χ3n) is 1.83. The first-order chi connectivity index (χ1) is 4.97. The average Bonchev–Trinajstić information content (AvgIpc) is 2.59. The van der Waals surface area contributed by atoms with Gasteiger partial charge in [-0.15, -0.1) is 0 Å². The van der Waals surface area contributed by atoms with Gasteiger partial charge in [0.2, 0.25) is 0 Å². The molecule has 0 atom stereocenters. The van der Waals surface area contributed by atoms with Crippen LogP contribution in [0.15, 0.2) is 40.6 Å². The maximum absolute atomic E-state index is 4.05. The maximum atomic E-state index is 4.05. The predicted molar refractivity (Wildman–Crippen MR) is 43.0 cm³/mol. The molecule has 1 heteroatoms. The molecule has 0 saturated heterocycles. The summed E-state index contributed by atoms with van der Waals surface area (Å²) < 4.78 is 0. The van der Waals surface area contributed by atoms with Crippen LogP contribution in [-0.4, -0.2) is 6.21 Å². The van der Waals surface area contributed by atoms with Crippen molar-refractivity contribution < 1.29 is 0 Å². The van der Waals surface area contributed by atoms with Crippen molar-refractivity contribution in [3.05, 3.63) is 35.6 Å². The summed E-state index contributed by atoms with van der Waals surface area (Å²) in [5, 5.41) is 0. The highest BCUT2D eigenvalue weighted by Gasteiger charge is 2.06. The topological polar surface area (TPSA) is 12.4 Å². The van der Waals surface area contributed by atoms with Crippen LogP contribution >= 0.6 is 0 Å². The van der Waals surface area contributed by atoms with Crippen molar-refractivity contribution in [1.29, 1.82) is 0 Å². The first-order valence-corrected chi connectivity index (χ1v) is 3.53. The van der Waals surface area contributed by atoms with E-state index in [9.17, 15) is 0 Å². The van der Waals surface area contributed by atoms with Gasteiger partial charge in [-0.2, -0.15) is 0 Å². The normalized spacial score (nSPS) is 21.6. The van der Waals surface area contributed by atoms with Gasteiger partial charge in [-0.3, -0.25) is 4.99 Å². The zero-order valence-corrected chi connectivity index (χ0v) is 5.75. The summed E-state index contributed by atoms with van der Waals surface area (Å²) in [7, 11) is 0. The fourth-order valence-corrected chi connectivity index (χ4v) is 1.25. The molecule has 0 fully saturated rings. The van der Waals surface area contributed by atoms with Crippen LogP contribution < -0.4 is 0 Å². The highest BCUT2D eigenvalue weighted by molar-refractivity contribution is 5.68. The Labute approximate surface area is 60.5 Å². The van der Waals surface area contributed by atoms with Crippen LogP contribution in [0.3, 0.4) is 0 Å². The summed E-state index contributed by atoms with van der Waals surface area (Å²) in [6.45, 7) is 0. The summed E-state index contributed by atoms with van der Waals surface area (Å²) in [4.78, 5) is 4.05.